The summed E-state index contributed by atoms with van der Waals surface area (Å²) in [6.07, 6.45) is 0. The lowest BCUT2D eigenvalue weighted by Gasteiger charge is -2.27. The Hall–Kier alpha value is -1.35. The zero-order chi connectivity index (χ0) is 11.5. The van der Waals surface area contributed by atoms with Crippen molar-refractivity contribution in [3.05, 3.63) is 29.8 Å². The summed E-state index contributed by atoms with van der Waals surface area (Å²) in [5.41, 5.74) is 2.32. The van der Waals surface area contributed by atoms with E-state index in [0.717, 1.165) is 18.8 Å². The molecule has 1 saturated heterocycles. The minimum atomic E-state index is 0.156. The number of rotatable bonds is 2. The lowest BCUT2D eigenvalue weighted by Crippen LogP contribution is -2.48. The van der Waals surface area contributed by atoms with Crippen LogP contribution in [0.25, 0.3) is 0 Å². The van der Waals surface area contributed by atoms with Crippen LogP contribution in [0.1, 0.15) is 25.3 Å². The average Bonchev–Trinajstić information content (AvgIpc) is 2.30. The minimum Gasteiger partial charge on any atom is -0.310 e. The summed E-state index contributed by atoms with van der Waals surface area (Å²) in [5, 5.41) is 3.07. The van der Waals surface area contributed by atoms with Crippen molar-refractivity contribution in [3.8, 4) is 0 Å². The van der Waals surface area contributed by atoms with Crippen molar-refractivity contribution >= 4 is 11.6 Å². The van der Waals surface area contributed by atoms with Crippen LogP contribution in [0, 0.1) is 0 Å². The quantitative estimate of drug-likeness (QED) is 0.820. The van der Waals surface area contributed by atoms with E-state index in [1.165, 1.54) is 5.56 Å². The largest absolute Gasteiger partial charge is 0.310 e. The van der Waals surface area contributed by atoms with E-state index in [1.807, 2.05) is 17.0 Å². The Labute approximate surface area is 96.5 Å². The first-order valence-corrected chi connectivity index (χ1v) is 5.79. The Morgan fingerprint density at radius 1 is 1.25 bits per heavy atom. The zero-order valence-corrected chi connectivity index (χ0v) is 9.86. The Balaban J connectivity index is 2.17. The SMILES string of the molecule is CC(C)c1ccc(N2CCNCC2=O)cc1. The number of piperazine rings is 1. The van der Waals surface area contributed by atoms with Crippen molar-refractivity contribution in [1.82, 2.24) is 5.32 Å². The number of carbonyl (C=O) groups is 1. The van der Waals surface area contributed by atoms with Gasteiger partial charge in [-0.15, -0.1) is 0 Å². The fourth-order valence-electron chi connectivity index (χ4n) is 1.92. The lowest BCUT2D eigenvalue weighted by atomic mass is 10.0. The molecule has 2 rings (SSSR count). The van der Waals surface area contributed by atoms with Crippen molar-refractivity contribution in [2.24, 2.45) is 0 Å². The summed E-state index contributed by atoms with van der Waals surface area (Å²) in [4.78, 5) is 13.5. The molecule has 1 amide bonds. The van der Waals surface area contributed by atoms with Gasteiger partial charge in [0.2, 0.25) is 5.91 Å². The van der Waals surface area contributed by atoms with Crippen LogP contribution in [0.5, 0.6) is 0 Å². The van der Waals surface area contributed by atoms with Gasteiger partial charge in [0.15, 0.2) is 0 Å². The molecule has 3 heteroatoms. The Bertz CT molecular complexity index is 370. The molecule has 1 aliphatic rings. The third-order valence-corrected chi connectivity index (χ3v) is 2.96. The zero-order valence-electron chi connectivity index (χ0n) is 9.86. The van der Waals surface area contributed by atoms with Crippen molar-refractivity contribution in [2.75, 3.05) is 24.5 Å². The first-order valence-electron chi connectivity index (χ1n) is 5.79. The Morgan fingerprint density at radius 3 is 2.50 bits per heavy atom. The van der Waals surface area contributed by atoms with Gasteiger partial charge in [0, 0.05) is 18.8 Å². The van der Waals surface area contributed by atoms with E-state index >= 15 is 0 Å². The van der Waals surface area contributed by atoms with Crippen molar-refractivity contribution in [2.45, 2.75) is 19.8 Å². The lowest BCUT2D eigenvalue weighted by molar-refractivity contribution is -0.118. The summed E-state index contributed by atoms with van der Waals surface area (Å²) in [6, 6.07) is 8.29. The number of hydrogen-bond acceptors (Lipinski definition) is 2. The molecule has 0 saturated carbocycles. The van der Waals surface area contributed by atoms with Gasteiger partial charge in [0.25, 0.3) is 0 Å². The molecule has 0 aromatic heterocycles. The molecule has 1 heterocycles. The van der Waals surface area contributed by atoms with E-state index in [4.69, 9.17) is 0 Å². The molecular formula is C13H18N2O. The summed E-state index contributed by atoms with van der Waals surface area (Å²) in [6.45, 7) is 6.43. The van der Waals surface area contributed by atoms with Gasteiger partial charge in [-0.3, -0.25) is 4.79 Å². The number of hydrogen-bond donors (Lipinski definition) is 1. The van der Waals surface area contributed by atoms with E-state index in [0.29, 0.717) is 12.5 Å². The second-order valence-electron chi connectivity index (χ2n) is 4.47. The molecule has 1 aromatic rings. The molecule has 86 valence electrons. The normalized spacial score (nSPS) is 16.9. The van der Waals surface area contributed by atoms with Crippen LogP contribution in [0.2, 0.25) is 0 Å². The number of benzene rings is 1. The van der Waals surface area contributed by atoms with Gasteiger partial charge in [0.05, 0.1) is 6.54 Å². The van der Waals surface area contributed by atoms with E-state index in [9.17, 15) is 4.79 Å². The molecule has 1 aromatic carbocycles. The van der Waals surface area contributed by atoms with E-state index in [1.54, 1.807) is 0 Å². The fraction of sp³-hybridized carbons (Fsp3) is 0.462. The van der Waals surface area contributed by atoms with Gasteiger partial charge in [-0.2, -0.15) is 0 Å². The molecule has 0 bridgehead atoms. The van der Waals surface area contributed by atoms with Crippen LogP contribution in [0.4, 0.5) is 5.69 Å². The number of anilines is 1. The minimum absolute atomic E-state index is 0.156. The second-order valence-corrected chi connectivity index (χ2v) is 4.47. The van der Waals surface area contributed by atoms with Gasteiger partial charge in [-0.05, 0) is 23.6 Å². The van der Waals surface area contributed by atoms with Gasteiger partial charge >= 0.3 is 0 Å². The highest BCUT2D eigenvalue weighted by atomic mass is 16.2. The maximum absolute atomic E-state index is 11.7. The first-order chi connectivity index (χ1) is 7.68. The maximum Gasteiger partial charge on any atom is 0.240 e. The van der Waals surface area contributed by atoms with Crippen LogP contribution in [0.15, 0.2) is 24.3 Å². The molecule has 3 nitrogen and oxygen atoms in total. The number of nitrogens with zero attached hydrogens (tertiary/aromatic N) is 1. The first kappa shape index (κ1) is 11.1. The van der Waals surface area contributed by atoms with Gasteiger partial charge < -0.3 is 10.2 Å². The highest BCUT2D eigenvalue weighted by Gasteiger charge is 2.18. The summed E-state index contributed by atoms with van der Waals surface area (Å²) in [7, 11) is 0. The summed E-state index contributed by atoms with van der Waals surface area (Å²) >= 11 is 0. The van der Waals surface area contributed by atoms with Crippen LogP contribution < -0.4 is 10.2 Å². The second kappa shape index (κ2) is 4.66. The molecule has 16 heavy (non-hydrogen) atoms. The predicted molar refractivity (Wildman–Crippen MR) is 65.8 cm³/mol. The van der Waals surface area contributed by atoms with Crippen LogP contribution >= 0.6 is 0 Å². The maximum atomic E-state index is 11.7. The van der Waals surface area contributed by atoms with E-state index < -0.39 is 0 Å². The fourth-order valence-corrected chi connectivity index (χ4v) is 1.92. The van der Waals surface area contributed by atoms with Crippen molar-refractivity contribution < 1.29 is 4.79 Å². The molecule has 0 atom stereocenters. The predicted octanol–water partition coefficient (Wildman–Crippen LogP) is 1.75. The van der Waals surface area contributed by atoms with Gasteiger partial charge in [-0.25, -0.2) is 0 Å². The van der Waals surface area contributed by atoms with Crippen LogP contribution in [0.3, 0.4) is 0 Å². The molecule has 1 fully saturated rings. The Morgan fingerprint density at radius 2 is 1.94 bits per heavy atom. The Kier molecular flexibility index (Phi) is 3.25. The van der Waals surface area contributed by atoms with Crippen LogP contribution in [-0.4, -0.2) is 25.5 Å². The smallest absolute Gasteiger partial charge is 0.240 e. The van der Waals surface area contributed by atoms with Crippen molar-refractivity contribution in [3.63, 3.8) is 0 Å². The summed E-state index contributed by atoms with van der Waals surface area (Å²) in [5.74, 6) is 0.691. The number of nitrogens with one attached hydrogen (secondary N) is 1. The average molecular weight is 218 g/mol. The standard InChI is InChI=1S/C13H18N2O/c1-10(2)11-3-5-12(6-4-11)15-8-7-14-9-13(15)16/h3-6,10,14H,7-9H2,1-2H3. The highest BCUT2D eigenvalue weighted by Crippen LogP contribution is 2.20. The van der Waals surface area contributed by atoms with E-state index in [2.05, 4.69) is 31.3 Å². The highest BCUT2D eigenvalue weighted by molar-refractivity contribution is 5.95. The van der Waals surface area contributed by atoms with E-state index in [-0.39, 0.29) is 5.91 Å². The molecule has 1 aliphatic heterocycles. The molecule has 0 spiro atoms. The summed E-state index contributed by atoms with van der Waals surface area (Å²) < 4.78 is 0. The van der Waals surface area contributed by atoms with Crippen LogP contribution in [-0.2, 0) is 4.79 Å². The third-order valence-electron chi connectivity index (χ3n) is 2.96. The topological polar surface area (TPSA) is 32.3 Å². The van der Waals surface area contributed by atoms with Crippen molar-refractivity contribution in [1.29, 1.82) is 0 Å². The van der Waals surface area contributed by atoms with Gasteiger partial charge in [0.1, 0.15) is 0 Å². The molecular weight excluding hydrogens is 200 g/mol. The molecule has 0 unspecified atom stereocenters. The number of amides is 1. The molecule has 0 radical (unpaired) electrons. The monoisotopic (exact) mass is 218 g/mol. The number of carbonyl (C=O) groups excluding carboxylic acids is 1. The molecule has 0 aliphatic carbocycles. The molecule has 1 N–H and O–H groups in total. The van der Waals surface area contributed by atoms with Gasteiger partial charge in [-0.1, -0.05) is 26.0 Å². The third kappa shape index (κ3) is 2.25.